The van der Waals surface area contributed by atoms with Gasteiger partial charge in [-0.2, -0.15) is 0 Å². The quantitative estimate of drug-likeness (QED) is 0.864. The van der Waals surface area contributed by atoms with Crippen molar-refractivity contribution in [2.45, 2.75) is 19.6 Å². The van der Waals surface area contributed by atoms with Crippen molar-refractivity contribution >= 4 is 5.97 Å². The molecule has 2 heterocycles. The largest absolute Gasteiger partial charge is 0.497 e. The van der Waals surface area contributed by atoms with Crippen molar-refractivity contribution in [1.29, 1.82) is 0 Å². The highest BCUT2D eigenvalue weighted by atomic mass is 16.5. The lowest BCUT2D eigenvalue weighted by Crippen LogP contribution is -2.45. The van der Waals surface area contributed by atoms with Gasteiger partial charge in [0.05, 0.1) is 19.4 Å². The Morgan fingerprint density at radius 1 is 1.63 bits per heavy atom. The lowest BCUT2D eigenvalue weighted by molar-refractivity contribution is -0.156. The molecule has 2 rings (SSSR count). The summed E-state index contributed by atoms with van der Waals surface area (Å²) in [6.07, 6.45) is -0.750. The van der Waals surface area contributed by atoms with Gasteiger partial charge in [-0.3, -0.25) is 9.88 Å². The van der Waals surface area contributed by atoms with E-state index in [0.717, 1.165) is 17.1 Å². The Balaban J connectivity index is 2.04. The van der Waals surface area contributed by atoms with Gasteiger partial charge in [-0.15, -0.1) is 0 Å². The minimum absolute atomic E-state index is 0.382. The second-order valence-corrected chi connectivity index (χ2v) is 4.57. The van der Waals surface area contributed by atoms with E-state index in [1.807, 2.05) is 24.0 Å². The number of pyridine rings is 1. The number of aryl methyl sites for hydroxylation is 1. The molecule has 104 valence electrons. The maximum Gasteiger partial charge on any atom is 0.334 e. The van der Waals surface area contributed by atoms with Crippen LogP contribution < -0.4 is 4.74 Å². The number of carbonyl (C=O) groups is 1. The Labute approximate surface area is 112 Å². The number of aliphatic carboxylic acids is 1. The van der Waals surface area contributed by atoms with Crippen molar-refractivity contribution in [2.75, 3.05) is 26.8 Å². The van der Waals surface area contributed by atoms with Crippen molar-refractivity contribution in [3.8, 4) is 5.75 Å². The zero-order valence-electron chi connectivity index (χ0n) is 11.1. The summed E-state index contributed by atoms with van der Waals surface area (Å²) in [4.78, 5) is 17.4. The number of aromatic nitrogens is 1. The van der Waals surface area contributed by atoms with Gasteiger partial charge in [0.2, 0.25) is 0 Å². The van der Waals surface area contributed by atoms with Gasteiger partial charge in [-0.1, -0.05) is 0 Å². The van der Waals surface area contributed by atoms with Gasteiger partial charge in [0.15, 0.2) is 6.10 Å². The minimum atomic E-state index is -0.917. The van der Waals surface area contributed by atoms with E-state index in [-0.39, 0.29) is 0 Å². The average Bonchev–Trinajstić information content (AvgIpc) is 2.38. The molecule has 1 fully saturated rings. The lowest BCUT2D eigenvalue weighted by atomic mass is 10.2. The Hall–Kier alpha value is -1.66. The van der Waals surface area contributed by atoms with Crippen LogP contribution in [0, 0.1) is 6.92 Å². The minimum Gasteiger partial charge on any atom is -0.497 e. The summed E-state index contributed by atoms with van der Waals surface area (Å²) in [6, 6.07) is 3.74. The van der Waals surface area contributed by atoms with Crippen LogP contribution in [0.3, 0.4) is 0 Å². The van der Waals surface area contributed by atoms with Crippen LogP contribution >= 0.6 is 0 Å². The van der Waals surface area contributed by atoms with E-state index >= 15 is 0 Å². The second kappa shape index (κ2) is 5.99. The zero-order valence-corrected chi connectivity index (χ0v) is 11.1. The van der Waals surface area contributed by atoms with Crippen LogP contribution in [-0.4, -0.2) is 53.9 Å². The van der Waals surface area contributed by atoms with Gasteiger partial charge in [-0.25, -0.2) is 4.79 Å². The zero-order chi connectivity index (χ0) is 13.8. The number of carboxylic acid groups (broad SMARTS) is 1. The molecule has 6 heteroatoms. The van der Waals surface area contributed by atoms with Crippen LogP contribution in [0.25, 0.3) is 0 Å². The second-order valence-electron chi connectivity index (χ2n) is 4.57. The highest BCUT2D eigenvalue weighted by Gasteiger charge is 2.26. The number of carboxylic acids is 1. The first-order valence-electron chi connectivity index (χ1n) is 6.17. The van der Waals surface area contributed by atoms with Crippen LogP contribution in [0.2, 0.25) is 0 Å². The molecule has 0 amide bonds. The third-order valence-electron chi connectivity index (χ3n) is 3.03. The maximum absolute atomic E-state index is 10.9. The van der Waals surface area contributed by atoms with E-state index < -0.39 is 12.1 Å². The summed E-state index contributed by atoms with van der Waals surface area (Å²) < 4.78 is 10.4. The predicted molar refractivity (Wildman–Crippen MR) is 68.2 cm³/mol. The van der Waals surface area contributed by atoms with Crippen molar-refractivity contribution in [3.05, 3.63) is 23.5 Å². The number of hydrogen-bond donors (Lipinski definition) is 1. The Bertz CT molecular complexity index is 464. The topological polar surface area (TPSA) is 71.9 Å². The molecule has 1 aromatic rings. The maximum atomic E-state index is 10.9. The average molecular weight is 266 g/mol. The smallest absolute Gasteiger partial charge is 0.334 e. The summed E-state index contributed by atoms with van der Waals surface area (Å²) in [6.45, 7) is 4.03. The Kier molecular flexibility index (Phi) is 4.34. The van der Waals surface area contributed by atoms with Crippen LogP contribution in [0.4, 0.5) is 0 Å². The Morgan fingerprint density at radius 2 is 2.42 bits per heavy atom. The van der Waals surface area contributed by atoms with E-state index in [4.69, 9.17) is 14.6 Å². The Morgan fingerprint density at radius 3 is 3.11 bits per heavy atom. The number of rotatable bonds is 4. The van der Waals surface area contributed by atoms with Crippen LogP contribution in [-0.2, 0) is 16.1 Å². The molecular formula is C13H18N2O4. The van der Waals surface area contributed by atoms with Crippen LogP contribution in [0.5, 0.6) is 5.75 Å². The summed E-state index contributed by atoms with van der Waals surface area (Å²) in [5.74, 6) is -0.148. The van der Waals surface area contributed by atoms with Gasteiger partial charge in [-0.05, 0) is 6.92 Å². The number of morpholine rings is 1. The molecule has 0 spiro atoms. The lowest BCUT2D eigenvalue weighted by Gasteiger charge is -2.30. The highest BCUT2D eigenvalue weighted by Crippen LogP contribution is 2.16. The third kappa shape index (κ3) is 3.65. The van der Waals surface area contributed by atoms with E-state index in [2.05, 4.69) is 4.98 Å². The molecule has 1 saturated heterocycles. The summed E-state index contributed by atoms with van der Waals surface area (Å²) in [5.41, 5.74) is 1.76. The molecule has 1 unspecified atom stereocenters. The van der Waals surface area contributed by atoms with Crippen molar-refractivity contribution in [3.63, 3.8) is 0 Å². The van der Waals surface area contributed by atoms with E-state index in [1.54, 1.807) is 7.11 Å². The molecule has 1 aromatic heterocycles. The number of hydrogen-bond acceptors (Lipinski definition) is 5. The van der Waals surface area contributed by atoms with Gasteiger partial charge in [0, 0.05) is 37.5 Å². The third-order valence-corrected chi connectivity index (χ3v) is 3.03. The van der Waals surface area contributed by atoms with Crippen molar-refractivity contribution < 1.29 is 19.4 Å². The highest BCUT2D eigenvalue weighted by molar-refractivity contribution is 5.72. The van der Waals surface area contributed by atoms with E-state index in [9.17, 15) is 4.79 Å². The molecule has 1 N–H and O–H groups in total. The number of methoxy groups -OCH3 is 1. The molecule has 0 aliphatic carbocycles. The molecule has 1 atom stereocenters. The normalized spacial score (nSPS) is 20.2. The molecule has 1 aliphatic heterocycles. The molecule has 0 saturated carbocycles. The molecule has 0 aromatic carbocycles. The first kappa shape index (κ1) is 13.8. The fourth-order valence-electron chi connectivity index (χ4n) is 2.13. The fourth-order valence-corrected chi connectivity index (χ4v) is 2.13. The predicted octanol–water partition coefficient (Wildman–Crippen LogP) is 0.684. The van der Waals surface area contributed by atoms with Crippen molar-refractivity contribution in [1.82, 2.24) is 9.88 Å². The van der Waals surface area contributed by atoms with Crippen molar-refractivity contribution in [2.24, 2.45) is 0 Å². The molecule has 0 bridgehead atoms. The fraction of sp³-hybridized carbons (Fsp3) is 0.538. The van der Waals surface area contributed by atoms with Gasteiger partial charge < -0.3 is 14.6 Å². The van der Waals surface area contributed by atoms with Gasteiger partial charge >= 0.3 is 5.97 Å². The first-order chi connectivity index (χ1) is 9.08. The SMILES string of the molecule is COc1cc(C)nc(CN2CCOC(C(=O)O)C2)c1. The van der Waals surface area contributed by atoms with E-state index in [0.29, 0.717) is 26.2 Å². The van der Waals surface area contributed by atoms with Gasteiger partial charge in [0.1, 0.15) is 5.75 Å². The molecular weight excluding hydrogens is 248 g/mol. The molecule has 6 nitrogen and oxygen atoms in total. The summed E-state index contributed by atoms with van der Waals surface area (Å²) >= 11 is 0. The molecule has 1 aliphatic rings. The standard InChI is InChI=1S/C13H18N2O4/c1-9-5-11(18-2)6-10(14-9)7-15-3-4-19-12(8-15)13(16)17/h5-6,12H,3-4,7-8H2,1-2H3,(H,16,17). The van der Waals surface area contributed by atoms with Crippen LogP contribution in [0.15, 0.2) is 12.1 Å². The summed E-state index contributed by atoms with van der Waals surface area (Å²) in [5, 5.41) is 8.96. The molecule has 0 radical (unpaired) electrons. The number of ether oxygens (including phenoxy) is 2. The first-order valence-corrected chi connectivity index (χ1v) is 6.17. The summed E-state index contributed by atoms with van der Waals surface area (Å²) in [7, 11) is 1.62. The van der Waals surface area contributed by atoms with Crippen LogP contribution in [0.1, 0.15) is 11.4 Å². The monoisotopic (exact) mass is 266 g/mol. The number of nitrogens with zero attached hydrogens (tertiary/aromatic N) is 2. The van der Waals surface area contributed by atoms with Gasteiger partial charge in [0.25, 0.3) is 0 Å². The van der Waals surface area contributed by atoms with E-state index in [1.165, 1.54) is 0 Å². The molecule has 19 heavy (non-hydrogen) atoms.